The average molecular weight is 390 g/mol. The lowest BCUT2D eigenvalue weighted by atomic mass is 10.0. The molecule has 1 saturated heterocycles. The normalized spacial score (nSPS) is 17.9. The number of hydrogen-bond donors (Lipinski definition) is 0. The van der Waals surface area contributed by atoms with E-state index >= 15 is 0 Å². The van der Waals surface area contributed by atoms with Gasteiger partial charge in [-0.2, -0.15) is 4.31 Å². The maximum absolute atomic E-state index is 13.5. The van der Waals surface area contributed by atoms with Gasteiger partial charge in [0.25, 0.3) is 0 Å². The topological polar surface area (TPSA) is 55.8 Å². The molecule has 146 valence electrons. The van der Waals surface area contributed by atoms with Crippen LogP contribution in [0.3, 0.4) is 0 Å². The van der Waals surface area contributed by atoms with E-state index in [0.717, 1.165) is 35.1 Å². The molecule has 0 aromatic heterocycles. The Hall–Kier alpha value is -2.05. The second-order valence-electron chi connectivity index (χ2n) is 7.12. The Morgan fingerprint density at radius 1 is 0.963 bits per heavy atom. The van der Waals surface area contributed by atoms with Crippen LogP contribution in [-0.2, 0) is 10.0 Å². The van der Waals surface area contributed by atoms with Crippen LogP contribution in [0.2, 0.25) is 0 Å². The third kappa shape index (κ3) is 3.56. The van der Waals surface area contributed by atoms with Gasteiger partial charge in [-0.15, -0.1) is 0 Å². The highest BCUT2D eigenvalue weighted by Gasteiger charge is 2.38. The molecule has 0 aliphatic carbocycles. The number of rotatable bonds is 5. The number of benzene rings is 2. The van der Waals surface area contributed by atoms with Gasteiger partial charge in [-0.25, -0.2) is 8.42 Å². The summed E-state index contributed by atoms with van der Waals surface area (Å²) in [4.78, 5) is 0.431. The summed E-state index contributed by atoms with van der Waals surface area (Å²) in [6.07, 6.45) is 1.63. The van der Waals surface area contributed by atoms with Crippen LogP contribution in [-0.4, -0.2) is 33.5 Å². The molecule has 1 heterocycles. The lowest BCUT2D eigenvalue weighted by molar-refractivity contribution is 0.351. The molecule has 0 N–H and O–H groups in total. The maximum Gasteiger partial charge on any atom is 0.244 e. The van der Waals surface area contributed by atoms with E-state index in [4.69, 9.17) is 9.47 Å². The van der Waals surface area contributed by atoms with Gasteiger partial charge in [-0.1, -0.05) is 23.8 Å². The predicted molar refractivity (Wildman–Crippen MR) is 106 cm³/mol. The number of sulfonamides is 1. The van der Waals surface area contributed by atoms with Gasteiger partial charge in [0, 0.05) is 6.54 Å². The molecular formula is C21H27NO4S. The Balaban J connectivity index is 2.04. The van der Waals surface area contributed by atoms with E-state index in [1.54, 1.807) is 18.5 Å². The Morgan fingerprint density at radius 2 is 1.59 bits per heavy atom. The molecule has 5 nitrogen and oxygen atoms in total. The molecule has 0 unspecified atom stereocenters. The third-order valence-electron chi connectivity index (χ3n) is 5.17. The lowest BCUT2D eigenvalue weighted by Crippen LogP contribution is -2.31. The Kier molecular flexibility index (Phi) is 5.49. The highest BCUT2D eigenvalue weighted by atomic mass is 32.2. The van der Waals surface area contributed by atoms with E-state index in [2.05, 4.69) is 0 Å². The van der Waals surface area contributed by atoms with Crippen molar-refractivity contribution in [3.05, 3.63) is 52.6 Å². The molecular weight excluding hydrogens is 362 g/mol. The van der Waals surface area contributed by atoms with Crippen LogP contribution in [0.5, 0.6) is 11.5 Å². The molecule has 0 amide bonds. The minimum Gasteiger partial charge on any atom is -0.493 e. The van der Waals surface area contributed by atoms with Crippen LogP contribution < -0.4 is 9.47 Å². The number of nitrogens with zero attached hydrogens (tertiary/aromatic N) is 1. The van der Waals surface area contributed by atoms with Crippen molar-refractivity contribution in [1.82, 2.24) is 4.31 Å². The smallest absolute Gasteiger partial charge is 0.244 e. The predicted octanol–water partition coefficient (Wildman–Crippen LogP) is 4.15. The Bertz CT molecular complexity index is 930. The third-order valence-corrected chi connectivity index (χ3v) is 7.38. The number of methoxy groups -OCH3 is 2. The highest BCUT2D eigenvalue weighted by molar-refractivity contribution is 7.89. The molecule has 27 heavy (non-hydrogen) atoms. The average Bonchev–Trinajstić information content (AvgIpc) is 3.10. The fraction of sp³-hybridized carbons (Fsp3) is 0.429. The van der Waals surface area contributed by atoms with E-state index in [0.29, 0.717) is 22.9 Å². The summed E-state index contributed by atoms with van der Waals surface area (Å²) in [6.45, 7) is 6.25. The van der Waals surface area contributed by atoms with E-state index in [9.17, 15) is 8.42 Å². The van der Waals surface area contributed by atoms with Gasteiger partial charge >= 0.3 is 0 Å². The molecule has 3 rings (SSSR count). The second-order valence-corrected chi connectivity index (χ2v) is 8.94. The molecule has 1 atom stereocenters. The SMILES string of the molecule is COc1ccc([C@H]2CCCN2S(=O)(=O)c2c(C)cc(C)cc2C)cc1OC. The molecule has 0 radical (unpaired) electrons. The number of hydrogen-bond acceptors (Lipinski definition) is 4. The van der Waals surface area contributed by atoms with E-state index in [1.165, 1.54) is 0 Å². The van der Waals surface area contributed by atoms with Gasteiger partial charge in [-0.05, 0) is 62.4 Å². The first-order chi connectivity index (χ1) is 12.8. The molecule has 0 bridgehead atoms. The van der Waals surface area contributed by atoms with E-state index in [-0.39, 0.29) is 6.04 Å². The van der Waals surface area contributed by atoms with Crippen molar-refractivity contribution in [1.29, 1.82) is 0 Å². The first kappa shape index (κ1) is 19.7. The van der Waals surface area contributed by atoms with Crippen LogP contribution in [0.1, 0.15) is 41.1 Å². The standard InChI is InChI=1S/C21H27NO4S/c1-14-11-15(2)21(16(3)12-14)27(23,24)22-10-6-7-18(22)17-8-9-19(25-4)20(13-17)26-5/h8-9,11-13,18H,6-7,10H2,1-5H3/t18-/m1/s1. The summed E-state index contributed by atoms with van der Waals surface area (Å²) in [5.41, 5.74) is 3.59. The fourth-order valence-corrected chi connectivity index (χ4v) is 6.21. The van der Waals surface area contributed by atoms with Crippen molar-refractivity contribution in [2.45, 2.75) is 44.6 Å². The molecule has 2 aromatic carbocycles. The summed E-state index contributed by atoms with van der Waals surface area (Å²) >= 11 is 0. The fourth-order valence-electron chi connectivity index (χ4n) is 4.11. The van der Waals surface area contributed by atoms with Crippen LogP contribution in [0.4, 0.5) is 0 Å². The first-order valence-electron chi connectivity index (χ1n) is 9.11. The molecule has 1 aliphatic rings. The first-order valence-corrected chi connectivity index (χ1v) is 10.5. The zero-order valence-corrected chi connectivity index (χ0v) is 17.4. The van der Waals surface area contributed by atoms with Crippen LogP contribution in [0, 0.1) is 20.8 Å². The van der Waals surface area contributed by atoms with Crippen molar-refractivity contribution in [3.63, 3.8) is 0 Å². The lowest BCUT2D eigenvalue weighted by Gasteiger charge is -2.26. The zero-order chi connectivity index (χ0) is 19.8. The van der Waals surface area contributed by atoms with Crippen molar-refractivity contribution < 1.29 is 17.9 Å². The minimum absolute atomic E-state index is 0.199. The summed E-state index contributed by atoms with van der Waals surface area (Å²) in [7, 11) is -0.411. The maximum atomic E-state index is 13.5. The molecule has 0 spiro atoms. The molecule has 1 fully saturated rings. The summed E-state index contributed by atoms with van der Waals surface area (Å²) in [5, 5.41) is 0. The molecule has 6 heteroatoms. The summed E-state index contributed by atoms with van der Waals surface area (Å²) in [5.74, 6) is 1.25. The second kappa shape index (κ2) is 7.52. The van der Waals surface area contributed by atoms with Gasteiger partial charge in [-0.3, -0.25) is 0 Å². The van der Waals surface area contributed by atoms with Crippen molar-refractivity contribution in [3.8, 4) is 11.5 Å². The summed E-state index contributed by atoms with van der Waals surface area (Å²) in [6, 6.07) is 9.30. The van der Waals surface area contributed by atoms with Gasteiger partial charge in [0.2, 0.25) is 10.0 Å². The number of ether oxygens (including phenoxy) is 2. The molecule has 1 aliphatic heterocycles. The van der Waals surface area contributed by atoms with Gasteiger partial charge < -0.3 is 9.47 Å². The van der Waals surface area contributed by atoms with E-state index < -0.39 is 10.0 Å². The van der Waals surface area contributed by atoms with Gasteiger partial charge in [0.1, 0.15) is 0 Å². The van der Waals surface area contributed by atoms with E-state index in [1.807, 2.05) is 51.1 Å². The largest absolute Gasteiger partial charge is 0.493 e. The number of aryl methyl sites for hydroxylation is 3. The Labute approximate surface area is 162 Å². The van der Waals surface area contributed by atoms with Gasteiger partial charge in [0.15, 0.2) is 11.5 Å². The van der Waals surface area contributed by atoms with Crippen molar-refractivity contribution in [2.75, 3.05) is 20.8 Å². The van der Waals surface area contributed by atoms with Crippen molar-refractivity contribution in [2.24, 2.45) is 0 Å². The van der Waals surface area contributed by atoms with Gasteiger partial charge in [0.05, 0.1) is 25.2 Å². The molecule has 2 aromatic rings. The van der Waals surface area contributed by atoms with Crippen LogP contribution in [0.25, 0.3) is 0 Å². The zero-order valence-electron chi connectivity index (χ0n) is 16.6. The minimum atomic E-state index is -3.59. The monoisotopic (exact) mass is 389 g/mol. The van der Waals surface area contributed by atoms with Crippen LogP contribution in [0.15, 0.2) is 35.2 Å². The Morgan fingerprint density at radius 3 is 2.19 bits per heavy atom. The van der Waals surface area contributed by atoms with Crippen LogP contribution >= 0.6 is 0 Å². The molecule has 0 saturated carbocycles. The quantitative estimate of drug-likeness (QED) is 0.771. The summed E-state index contributed by atoms with van der Waals surface area (Å²) < 4.78 is 39.4. The highest BCUT2D eigenvalue weighted by Crippen LogP contribution is 2.40. The van der Waals surface area contributed by atoms with Crippen molar-refractivity contribution >= 4 is 10.0 Å².